The zero-order valence-electron chi connectivity index (χ0n) is 7.30. The fraction of sp³-hybridized carbons (Fsp3) is 0.375. The van der Waals surface area contributed by atoms with Gasteiger partial charge in [0.1, 0.15) is 0 Å². The third-order valence-corrected chi connectivity index (χ3v) is 2.27. The van der Waals surface area contributed by atoms with Gasteiger partial charge in [-0.2, -0.15) is 5.10 Å². The zero-order valence-corrected chi connectivity index (χ0v) is 7.30. The third kappa shape index (κ3) is 1.34. The van der Waals surface area contributed by atoms with E-state index in [4.69, 9.17) is 5.11 Å². The van der Waals surface area contributed by atoms with Crippen molar-refractivity contribution in [2.24, 2.45) is 5.92 Å². The van der Waals surface area contributed by atoms with Crippen molar-refractivity contribution in [3.8, 4) is 0 Å². The summed E-state index contributed by atoms with van der Waals surface area (Å²) in [5.41, 5.74) is 0.624. The van der Waals surface area contributed by atoms with E-state index < -0.39 is 11.9 Å². The number of nitrogens with zero attached hydrogens (tertiary/aromatic N) is 2. The van der Waals surface area contributed by atoms with Crippen LogP contribution in [0.3, 0.4) is 0 Å². The van der Waals surface area contributed by atoms with Gasteiger partial charge in [-0.25, -0.2) is 0 Å². The highest BCUT2D eigenvalue weighted by Gasteiger charge is 2.35. The van der Waals surface area contributed by atoms with Crippen LogP contribution < -0.4 is 4.90 Å². The molecular weight excluding hydrogens is 186 g/mol. The first-order chi connectivity index (χ1) is 6.68. The number of carbonyl (C=O) groups is 2. The SMILES string of the molecule is O=C(O)[C@H]1CC(=O)N(c2cn[nH]c2)C1. The molecule has 6 nitrogen and oxygen atoms in total. The number of anilines is 1. The fourth-order valence-electron chi connectivity index (χ4n) is 1.51. The van der Waals surface area contributed by atoms with Gasteiger partial charge in [-0.05, 0) is 0 Å². The van der Waals surface area contributed by atoms with Crippen molar-refractivity contribution in [2.75, 3.05) is 11.4 Å². The minimum absolute atomic E-state index is 0.0700. The molecule has 1 aromatic heterocycles. The van der Waals surface area contributed by atoms with E-state index in [1.807, 2.05) is 0 Å². The van der Waals surface area contributed by atoms with Crippen molar-refractivity contribution in [2.45, 2.75) is 6.42 Å². The molecule has 1 aliphatic heterocycles. The number of amides is 1. The van der Waals surface area contributed by atoms with Gasteiger partial charge in [-0.1, -0.05) is 0 Å². The number of carboxylic acids is 1. The summed E-state index contributed by atoms with van der Waals surface area (Å²) in [5, 5.41) is 15.0. The minimum atomic E-state index is -0.927. The Kier molecular flexibility index (Phi) is 1.95. The van der Waals surface area contributed by atoms with Crippen LogP contribution in [0.15, 0.2) is 12.4 Å². The van der Waals surface area contributed by atoms with Crippen LogP contribution in [0, 0.1) is 5.92 Å². The number of rotatable bonds is 2. The Morgan fingerprint density at radius 1 is 1.71 bits per heavy atom. The molecule has 2 rings (SSSR count). The van der Waals surface area contributed by atoms with Gasteiger partial charge in [-0.15, -0.1) is 0 Å². The maximum atomic E-state index is 11.4. The van der Waals surface area contributed by atoms with Gasteiger partial charge < -0.3 is 10.0 Å². The number of aliphatic carboxylic acids is 1. The van der Waals surface area contributed by atoms with Crippen molar-refractivity contribution in [1.82, 2.24) is 10.2 Å². The van der Waals surface area contributed by atoms with Gasteiger partial charge in [0.05, 0.1) is 17.8 Å². The highest BCUT2D eigenvalue weighted by atomic mass is 16.4. The van der Waals surface area contributed by atoms with Crippen LogP contribution in [0.5, 0.6) is 0 Å². The Morgan fingerprint density at radius 3 is 3.00 bits per heavy atom. The molecule has 74 valence electrons. The molecule has 1 fully saturated rings. The van der Waals surface area contributed by atoms with Crippen LogP contribution in [0.4, 0.5) is 5.69 Å². The molecule has 0 saturated carbocycles. The molecule has 1 amide bonds. The van der Waals surface area contributed by atoms with Crippen molar-refractivity contribution < 1.29 is 14.7 Å². The van der Waals surface area contributed by atoms with Crippen LogP contribution in [0.25, 0.3) is 0 Å². The molecule has 1 aromatic rings. The number of nitrogens with one attached hydrogen (secondary N) is 1. The van der Waals surface area contributed by atoms with Gasteiger partial charge in [0.2, 0.25) is 5.91 Å². The van der Waals surface area contributed by atoms with E-state index in [-0.39, 0.29) is 18.9 Å². The summed E-state index contributed by atoms with van der Waals surface area (Å²) in [7, 11) is 0. The van der Waals surface area contributed by atoms with Gasteiger partial charge in [0, 0.05) is 19.2 Å². The zero-order chi connectivity index (χ0) is 10.1. The topological polar surface area (TPSA) is 86.3 Å². The maximum Gasteiger partial charge on any atom is 0.308 e. The van der Waals surface area contributed by atoms with Crippen molar-refractivity contribution in [3.63, 3.8) is 0 Å². The fourth-order valence-corrected chi connectivity index (χ4v) is 1.51. The normalized spacial score (nSPS) is 21.6. The van der Waals surface area contributed by atoms with Gasteiger partial charge in [0.15, 0.2) is 0 Å². The van der Waals surface area contributed by atoms with Crippen LogP contribution in [-0.4, -0.2) is 33.7 Å². The quantitative estimate of drug-likeness (QED) is 0.686. The predicted octanol–water partition coefficient (Wildman–Crippen LogP) is -0.153. The van der Waals surface area contributed by atoms with Crippen LogP contribution in [-0.2, 0) is 9.59 Å². The Morgan fingerprint density at radius 2 is 2.50 bits per heavy atom. The van der Waals surface area contributed by atoms with E-state index in [0.717, 1.165) is 0 Å². The first kappa shape index (κ1) is 8.74. The number of hydrogen-bond donors (Lipinski definition) is 2. The summed E-state index contributed by atoms with van der Waals surface area (Å²) in [5.74, 6) is -1.69. The Balaban J connectivity index is 2.16. The van der Waals surface area contributed by atoms with E-state index in [2.05, 4.69) is 10.2 Å². The molecule has 1 atom stereocenters. The average Bonchev–Trinajstić information content (AvgIpc) is 2.71. The molecule has 0 unspecified atom stereocenters. The summed E-state index contributed by atoms with van der Waals surface area (Å²) in [6.07, 6.45) is 3.14. The van der Waals surface area contributed by atoms with Crippen LogP contribution >= 0.6 is 0 Å². The summed E-state index contributed by atoms with van der Waals surface area (Å²) < 4.78 is 0. The molecule has 2 N–H and O–H groups in total. The van der Waals surface area contributed by atoms with Crippen LogP contribution in [0.2, 0.25) is 0 Å². The second-order valence-electron chi connectivity index (χ2n) is 3.20. The highest BCUT2D eigenvalue weighted by molar-refractivity contribution is 5.98. The summed E-state index contributed by atoms with van der Waals surface area (Å²) >= 11 is 0. The van der Waals surface area contributed by atoms with E-state index in [1.165, 1.54) is 11.1 Å². The molecule has 0 aliphatic carbocycles. The number of H-pyrrole nitrogens is 1. The van der Waals surface area contributed by atoms with Gasteiger partial charge >= 0.3 is 5.97 Å². The second kappa shape index (κ2) is 3.13. The second-order valence-corrected chi connectivity index (χ2v) is 3.20. The van der Waals surface area contributed by atoms with Crippen molar-refractivity contribution >= 4 is 17.6 Å². The Bertz CT molecular complexity index is 360. The number of aromatic nitrogens is 2. The molecule has 1 aliphatic rings. The van der Waals surface area contributed by atoms with Gasteiger partial charge in [0.25, 0.3) is 0 Å². The minimum Gasteiger partial charge on any atom is -0.481 e. The van der Waals surface area contributed by atoms with E-state index >= 15 is 0 Å². The smallest absolute Gasteiger partial charge is 0.308 e. The molecule has 6 heteroatoms. The molecule has 0 bridgehead atoms. The summed E-state index contributed by atoms with van der Waals surface area (Å²) in [6, 6.07) is 0. The van der Waals surface area contributed by atoms with Gasteiger partial charge in [-0.3, -0.25) is 14.7 Å². The lowest BCUT2D eigenvalue weighted by atomic mass is 10.1. The number of hydrogen-bond acceptors (Lipinski definition) is 3. The van der Waals surface area contributed by atoms with Crippen molar-refractivity contribution in [1.29, 1.82) is 0 Å². The number of carboxylic acid groups (broad SMARTS) is 1. The number of carbonyl (C=O) groups excluding carboxylic acids is 1. The van der Waals surface area contributed by atoms with Crippen molar-refractivity contribution in [3.05, 3.63) is 12.4 Å². The molecule has 0 radical (unpaired) electrons. The average molecular weight is 195 g/mol. The van der Waals surface area contributed by atoms with Crippen LogP contribution in [0.1, 0.15) is 6.42 Å². The number of aromatic amines is 1. The molecule has 1 saturated heterocycles. The van der Waals surface area contributed by atoms with E-state index in [0.29, 0.717) is 5.69 Å². The molecule has 0 aromatic carbocycles. The molecular formula is C8H9N3O3. The molecule has 2 heterocycles. The van der Waals surface area contributed by atoms with E-state index in [9.17, 15) is 9.59 Å². The summed E-state index contributed by atoms with van der Waals surface area (Å²) in [4.78, 5) is 23.5. The molecule has 14 heavy (non-hydrogen) atoms. The third-order valence-electron chi connectivity index (χ3n) is 2.27. The lowest BCUT2D eigenvalue weighted by molar-refractivity contribution is -0.141. The predicted molar refractivity (Wildman–Crippen MR) is 46.7 cm³/mol. The Hall–Kier alpha value is -1.85. The highest BCUT2D eigenvalue weighted by Crippen LogP contribution is 2.23. The standard InChI is InChI=1S/C8H9N3O3/c12-7-1-5(8(13)14)4-11(7)6-2-9-10-3-6/h2-3,5H,1,4H2,(H,9,10)(H,13,14)/t5-/m0/s1. The maximum absolute atomic E-state index is 11.4. The van der Waals surface area contributed by atoms with E-state index in [1.54, 1.807) is 6.20 Å². The monoisotopic (exact) mass is 195 g/mol. The lowest BCUT2D eigenvalue weighted by Gasteiger charge is -2.12. The lowest BCUT2D eigenvalue weighted by Crippen LogP contribution is -2.25. The first-order valence-electron chi connectivity index (χ1n) is 4.20. The Labute approximate surface area is 79.5 Å². The summed E-state index contributed by atoms with van der Waals surface area (Å²) in [6.45, 7) is 0.230. The largest absolute Gasteiger partial charge is 0.481 e. The first-order valence-corrected chi connectivity index (χ1v) is 4.20. The molecule has 0 spiro atoms.